The summed E-state index contributed by atoms with van der Waals surface area (Å²) in [6, 6.07) is 13.8. The van der Waals surface area contributed by atoms with E-state index in [4.69, 9.17) is 4.74 Å². The number of aromatic nitrogens is 2. The number of benzene rings is 2. The highest BCUT2D eigenvalue weighted by molar-refractivity contribution is 5.94. The van der Waals surface area contributed by atoms with Gasteiger partial charge in [0.2, 0.25) is 0 Å². The van der Waals surface area contributed by atoms with E-state index >= 15 is 0 Å². The van der Waals surface area contributed by atoms with Crippen molar-refractivity contribution in [1.82, 2.24) is 9.97 Å². The molecule has 0 aliphatic carbocycles. The van der Waals surface area contributed by atoms with Gasteiger partial charge in [-0.25, -0.2) is 9.78 Å². The summed E-state index contributed by atoms with van der Waals surface area (Å²) in [6.07, 6.45) is 0. The normalized spacial score (nSPS) is 11.7. The number of H-pyrrole nitrogens is 1. The molecule has 0 unspecified atom stereocenters. The van der Waals surface area contributed by atoms with Gasteiger partial charge in [0.15, 0.2) is 0 Å². The third-order valence-corrected chi connectivity index (χ3v) is 4.02. The van der Waals surface area contributed by atoms with Crippen molar-refractivity contribution in [3.05, 3.63) is 53.6 Å². The first kappa shape index (κ1) is 16.2. The Bertz CT molecular complexity index is 871. The molecule has 1 heterocycles. The second-order valence-electron chi connectivity index (χ2n) is 6.87. The lowest BCUT2D eigenvalue weighted by atomic mass is 9.87. The maximum atomic E-state index is 11.8. The smallest absolute Gasteiger partial charge is 0.338 e. The molecule has 3 aromatic rings. The van der Waals surface area contributed by atoms with Gasteiger partial charge in [0.1, 0.15) is 5.82 Å². The molecule has 0 atom stereocenters. The summed E-state index contributed by atoms with van der Waals surface area (Å²) in [5, 5.41) is 0. The first-order chi connectivity index (χ1) is 11.4. The maximum Gasteiger partial charge on any atom is 0.338 e. The molecule has 124 valence electrons. The van der Waals surface area contributed by atoms with Crippen molar-refractivity contribution >= 4 is 17.0 Å². The fourth-order valence-corrected chi connectivity index (χ4v) is 2.62. The monoisotopic (exact) mass is 322 g/mol. The molecule has 2 aromatic carbocycles. The van der Waals surface area contributed by atoms with Gasteiger partial charge < -0.3 is 9.72 Å². The van der Waals surface area contributed by atoms with Crippen molar-refractivity contribution in [3.8, 4) is 11.4 Å². The summed E-state index contributed by atoms with van der Waals surface area (Å²) < 4.78 is 5.04. The molecule has 24 heavy (non-hydrogen) atoms. The molecule has 4 nitrogen and oxygen atoms in total. The van der Waals surface area contributed by atoms with E-state index in [1.54, 1.807) is 19.1 Å². The highest BCUT2D eigenvalue weighted by Gasteiger charge is 2.14. The van der Waals surface area contributed by atoms with E-state index in [9.17, 15) is 4.79 Å². The van der Waals surface area contributed by atoms with Crippen LogP contribution in [0, 0.1) is 0 Å². The van der Waals surface area contributed by atoms with Crippen LogP contribution in [-0.2, 0) is 10.2 Å². The Morgan fingerprint density at radius 1 is 1.12 bits per heavy atom. The third-order valence-electron chi connectivity index (χ3n) is 4.02. The molecular formula is C20H22N2O2. The molecule has 0 bridgehead atoms. The number of imidazole rings is 1. The first-order valence-corrected chi connectivity index (χ1v) is 8.16. The van der Waals surface area contributed by atoms with E-state index in [1.165, 1.54) is 5.56 Å². The molecule has 1 N–H and O–H groups in total. The van der Waals surface area contributed by atoms with Crippen LogP contribution < -0.4 is 0 Å². The number of esters is 1. The van der Waals surface area contributed by atoms with Gasteiger partial charge in [0.25, 0.3) is 0 Å². The standard InChI is InChI=1S/C20H22N2O2/c1-5-24-19(23)14-8-11-16-17(12-14)22-18(21-16)13-6-9-15(10-7-13)20(2,3)4/h6-12H,5H2,1-4H3,(H,21,22). The van der Waals surface area contributed by atoms with Crippen molar-refractivity contribution in [1.29, 1.82) is 0 Å². The minimum absolute atomic E-state index is 0.126. The third kappa shape index (κ3) is 3.18. The summed E-state index contributed by atoms with van der Waals surface area (Å²) in [5.74, 6) is 0.483. The van der Waals surface area contributed by atoms with E-state index in [0.717, 1.165) is 22.4 Å². The summed E-state index contributed by atoms with van der Waals surface area (Å²) in [6.45, 7) is 8.75. The zero-order chi connectivity index (χ0) is 17.3. The van der Waals surface area contributed by atoms with Crippen LogP contribution in [0.1, 0.15) is 43.6 Å². The number of rotatable bonds is 3. The van der Waals surface area contributed by atoms with Gasteiger partial charge in [0, 0.05) is 5.56 Å². The topological polar surface area (TPSA) is 55.0 Å². The van der Waals surface area contributed by atoms with Crippen LogP contribution in [0.3, 0.4) is 0 Å². The van der Waals surface area contributed by atoms with Crippen molar-refractivity contribution in [2.45, 2.75) is 33.1 Å². The second kappa shape index (κ2) is 6.11. The van der Waals surface area contributed by atoms with Crippen LogP contribution in [0.2, 0.25) is 0 Å². The fraction of sp³-hybridized carbons (Fsp3) is 0.300. The van der Waals surface area contributed by atoms with Crippen molar-refractivity contribution in [3.63, 3.8) is 0 Å². The number of nitrogens with zero attached hydrogens (tertiary/aromatic N) is 1. The molecule has 1 aromatic heterocycles. The van der Waals surface area contributed by atoms with Gasteiger partial charge in [-0.15, -0.1) is 0 Å². The van der Waals surface area contributed by atoms with Gasteiger partial charge in [0.05, 0.1) is 23.2 Å². The number of carbonyl (C=O) groups excluding carboxylic acids is 1. The average Bonchev–Trinajstić information content (AvgIpc) is 2.97. The SMILES string of the molecule is CCOC(=O)c1ccc2nc(-c3ccc(C(C)(C)C)cc3)[nH]c2c1. The van der Waals surface area contributed by atoms with Crippen LogP contribution in [0.4, 0.5) is 0 Å². The van der Waals surface area contributed by atoms with E-state index in [0.29, 0.717) is 12.2 Å². The Hall–Kier alpha value is -2.62. The lowest BCUT2D eigenvalue weighted by Crippen LogP contribution is -2.10. The molecule has 0 saturated carbocycles. The summed E-state index contributed by atoms with van der Waals surface area (Å²) in [5.41, 5.74) is 4.63. The largest absolute Gasteiger partial charge is 0.462 e. The first-order valence-electron chi connectivity index (χ1n) is 8.16. The Kier molecular flexibility index (Phi) is 4.14. The van der Waals surface area contributed by atoms with Crippen LogP contribution in [0.15, 0.2) is 42.5 Å². The van der Waals surface area contributed by atoms with Crippen molar-refractivity contribution in [2.24, 2.45) is 0 Å². The Balaban J connectivity index is 1.94. The molecule has 0 amide bonds. The summed E-state index contributed by atoms with van der Waals surface area (Å²) >= 11 is 0. The number of hydrogen-bond acceptors (Lipinski definition) is 3. The molecule has 0 aliphatic heterocycles. The summed E-state index contributed by atoms with van der Waals surface area (Å²) in [7, 11) is 0. The van der Waals surface area contributed by atoms with Gasteiger partial charge in [-0.05, 0) is 36.1 Å². The highest BCUT2D eigenvalue weighted by atomic mass is 16.5. The number of nitrogens with one attached hydrogen (secondary N) is 1. The molecule has 0 fully saturated rings. The van der Waals surface area contributed by atoms with E-state index in [1.807, 2.05) is 6.07 Å². The predicted octanol–water partition coefficient (Wildman–Crippen LogP) is 4.70. The number of ether oxygens (including phenoxy) is 1. The zero-order valence-electron chi connectivity index (χ0n) is 14.5. The van der Waals surface area contributed by atoms with Crippen molar-refractivity contribution in [2.75, 3.05) is 6.61 Å². The Morgan fingerprint density at radius 3 is 2.46 bits per heavy atom. The number of hydrogen-bond donors (Lipinski definition) is 1. The van der Waals surface area contributed by atoms with Crippen molar-refractivity contribution < 1.29 is 9.53 Å². The van der Waals surface area contributed by atoms with E-state index in [2.05, 4.69) is 55.0 Å². The molecule has 0 radical (unpaired) electrons. The van der Waals surface area contributed by atoms with E-state index in [-0.39, 0.29) is 11.4 Å². The lowest BCUT2D eigenvalue weighted by molar-refractivity contribution is 0.0526. The van der Waals surface area contributed by atoms with Gasteiger partial charge in [-0.3, -0.25) is 0 Å². The molecule has 0 spiro atoms. The Morgan fingerprint density at radius 2 is 1.83 bits per heavy atom. The van der Waals surface area contributed by atoms with Gasteiger partial charge in [-0.2, -0.15) is 0 Å². The number of fused-ring (bicyclic) bond motifs is 1. The lowest BCUT2D eigenvalue weighted by Gasteiger charge is -2.18. The quantitative estimate of drug-likeness (QED) is 0.711. The number of aromatic amines is 1. The minimum atomic E-state index is -0.315. The highest BCUT2D eigenvalue weighted by Crippen LogP contribution is 2.26. The molecule has 3 rings (SSSR count). The summed E-state index contributed by atoms with van der Waals surface area (Å²) in [4.78, 5) is 19.7. The average molecular weight is 322 g/mol. The zero-order valence-corrected chi connectivity index (χ0v) is 14.5. The Labute approximate surface area is 141 Å². The van der Waals surface area contributed by atoms with Crippen LogP contribution in [0.25, 0.3) is 22.4 Å². The number of carbonyl (C=O) groups is 1. The fourth-order valence-electron chi connectivity index (χ4n) is 2.62. The second-order valence-corrected chi connectivity index (χ2v) is 6.87. The minimum Gasteiger partial charge on any atom is -0.462 e. The van der Waals surface area contributed by atoms with Crippen LogP contribution in [-0.4, -0.2) is 22.5 Å². The molecule has 0 saturated heterocycles. The molecule has 4 heteroatoms. The predicted molar refractivity (Wildman–Crippen MR) is 96.2 cm³/mol. The maximum absolute atomic E-state index is 11.8. The van der Waals surface area contributed by atoms with Crippen LogP contribution in [0.5, 0.6) is 0 Å². The molecule has 0 aliphatic rings. The van der Waals surface area contributed by atoms with Gasteiger partial charge >= 0.3 is 5.97 Å². The van der Waals surface area contributed by atoms with E-state index < -0.39 is 0 Å². The molecular weight excluding hydrogens is 300 g/mol. The van der Waals surface area contributed by atoms with Crippen LogP contribution >= 0.6 is 0 Å². The van der Waals surface area contributed by atoms with Gasteiger partial charge in [-0.1, -0.05) is 45.0 Å².